The van der Waals surface area contributed by atoms with Crippen molar-refractivity contribution in [3.8, 4) is 0 Å². The molecule has 10 heteroatoms. The van der Waals surface area contributed by atoms with Crippen molar-refractivity contribution in [2.45, 2.75) is 6.92 Å². The summed E-state index contributed by atoms with van der Waals surface area (Å²) in [5.74, 6) is -1.45. The van der Waals surface area contributed by atoms with Gasteiger partial charge in [0.2, 0.25) is 5.78 Å². The van der Waals surface area contributed by atoms with E-state index >= 15 is 0 Å². The number of nitrogens with two attached hydrogens (primary N) is 1. The minimum absolute atomic E-state index is 0.0122. The highest BCUT2D eigenvalue weighted by molar-refractivity contribution is 7.17. The van der Waals surface area contributed by atoms with E-state index in [1.807, 2.05) is 5.48 Å². The monoisotopic (exact) mass is 335 g/mol. The molecule has 0 unspecified atom stereocenters. The highest BCUT2D eigenvalue weighted by Gasteiger charge is 2.25. The number of anilines is 1. The minimum atomic E-state index is -0.989. The molecule has 2 amide bonds. The van der Waals surface area contributed by atoms with E-state index in [4.69, 9.17) is 5.73 Å². The van der Waals surface area contributed by atoms with Crippen LogP contribution in [0.15, 0.2) is 24.5 Å². The Labute approximate surface area is 134 Å². The molecule has 23 heavy (non-hydrogen) atoms. The first kappa shape index (κ1) is 16.4. The Bertz CT molecular complexity index is 731. The van der Waals surface area contributed by atoms with Crippen LogP contribution in [-0.4, -0.2) is 34.3 Å². The maximum absolute atomic E-state index is 12.4. The van der Waals surface area contributed by atoms with Gasteiger partial charge in [-0.15, -0.1) is 0 Å². The van der Waals surface area contributed by atoms with Crippen molar-refractivity contribution in [3.63, 3.8) is 0 Å². The first-order valence-corrected chi connectivity index (χ1v) is 7.30. The fourth-order valence-corrected chi connectivity index (χ4v) is 2.38. The number of pyridine rings is 1. The Balaban J connectivity index is 2.19. The number of hydroxylamine groups is 1. The third kappa shape index (κ3) is 4.01. The van der Waals surface area contributed by atoms with Crippen molar-refractivity contribution in [1.29, 1.82) is 0 Å². The predicted molar refractivity (Wildman–Crippen MR) is 81.8 cm³/mol. The predicted octanol–water partition coefficient (Wildman–Crippen LogP) is 0.742. The van der Waals surface area contributed by atoms with Gasteiger partial charge in [-0.2, -0.15) is 5.48 Å². The Morgan fingerprint density at radius 3 is 2.83 bits per heavy atom. The number of amides is 2. The molecule has 0 fully saturated rings. The maximum atomic E-state index is 12.4. The number of carbonyl (C=O) groups excluding carboxylic acids is 3. The largest absolute Gasteiger partial charge is 0.382 e. The van der Waals surface area contributed by atoms with Gasteiger partial charge < -0.3 is 15.9 Å². The van der Waals surface area contributed by atoms with Gasteiger partial charge in [0.05, 0.1) is 0 Å². The number of nitrogen functional groups attached to an aromatic ring is 1. The molecular weight excluding hydrogens is 322 g/mol. The van der Waals surface area contributed by atoms with Gasteiger partial charge in [-0.25, -0.2) is 14.6 Å². The topological polar surface area (TPSA) is 136 Å². The van der Waals surface area contributed by atoms with Crippen LogP contribution in [0.25, 0.3) is 0 Å². The van der Waals surface area contributed by atoms with Crippen LogP contribution in [-0.2, 0) is 4.84 Å². The number of hydrogen-bond acceptors (Lipinski definition) is 8. The van der Waals surface area contributed by atoms with Crippen LogP contribution in [0, 0.1) is 0 Å². The molecule has 2 heterocycles. The van der Waals surface area contributed by atoms with Crippen LogP contribution < -0.4 is 16.5 Å². The van der Waals surface area contributed by atoms with Crippen LogP contribution in [0.2, 0.25) is 0 Å². The number of thiazole rings is 1. The maximum Gasteiger partial charge on any atom is 0.382 e. The van der Waals surface area contributed by atoms with Crippen LogP contribution in [0.4, 0.5) is 9.93 Å². The lowest BCUT2D eigenvalue weighted by Gasteiger charge is -2.05. The molecule has 0 aliphatic heterocycles. The lowest BCUT2D eigenvalue weighted by molar-refractivity contribution is 0.0319. The van der Waals surface area contributed by atoms with Gasteiger partial charge in [-0.3, -0.25) is 9.78 Å². The SMILES string of the molecule is CCNC(=O)NOC(=O)c1nc(N)sc1C(=O)c1cccnc1. The average molecular weight is 335 g/mol. The van der Waals surface area contributed by atoms with Gasteiger partial charge in [-0.1, -0.05) is 11.3 Å². The molecule has 0 aromatic carbocycles. The van der Waals surface area contributed by atoms with E-state index in [1.165, 1.54) is 12.4 Å². The van der Waals surface area contributed by atoms with E-state index in [0.29, 0.717) is 6.54 Å². The standard InChI is InChI=1S/C13H13N5O4S/c1-2-16-13(21)18-22-11(20)8-10(23-12(14)17-8)9(19)7-4-3-5-15-6-7/h3-6H,2H2,1H3,(H2,14,17)(H2,16,18,21). The van der Waals surface area contributed by atoms with Gasteiger partial charge in [0, 0.05) is 24.5 Å². The molecule has 0 aliphatic rings. The average Bonchev–Trinajstić information content (AvgIpc) is 2.95. The van der Waals surface area contributed by atoms with Crippen molar-refractivity contribution >= 4 is 34.3 Å². The van der Waals surface area contributed by atoms with Crippen LogP contribution in [0.5, 0.6) is 0 Å². The fraction of sp³-hybridized carbons (Fsp3) is 0.154. The zero-order valence-electron chi connectivity index (χ0n) is 12.0. The minimum Gasteiger partial charge on any atom is -0.375 e. The molecule has 2 rings (SSSR count). The summed E-state index contributed by atoms with van der Waals surface area (Å²) in [6, 6.07) is 2.45. The molecule has 0 atom stereocenters. The van der Waals surface area contributed by atoms with Crippen LogP contribution >= 0.6 is 11.3 Å². The van der Waals surface area contributed by atoms with E-state index in [0.717, 1.165) is 11.3 Å². The normalized spacial score (nSPS) is 9.96. The third-order valence-electron chi connectivity index (χ3n) is 2.54. The second-order valence-corrected chi connectivity index (χ2v) is 5.18. The molecule has 0 spiro atoms. The summed E-state index contributed by atoms with van der Waals surface area (Å²) in [4.78, 5) is 47.8. The number of hydrogen-bond donors (Lipinski definition) is 3. The summed E-state index contributed by atoms with van der Waals surface area (Å²) in [5, 5.41) is 2.41. The molecule has 2 aromatic rings. The zero-order chi connectivity index (χ0) is 16.8. The highest BCUT2D eigenvalue weighted by atomic mass is 32.1. The van der Waals surface area contributed by atoms with Gasteiger partial charge in [0.25, 0.3) is 0 Å². The molecule has 9 nitrogen and oxygen atoms in total. The van der Waals surface area contributed by atoms with Gasteiger partial charge in [0.15, 0.2) is 10.8 Å². The summed E-state index contributed by atoms with van der Waals surface area (Å²) in [6.07, 6.45) is 2.88. The molecule has 4 N–H and O–H groups in total. The number of ketones is 1. The fourth-order valence-electron chi connectivity index (χ4n) is 1.59. The summed E-state index contributed by atoms with van der Waals surface area (Å²) in [5.41, 5.74) is 7.48. The number of nitrogens with zero attached hydrogens (tertiary/aromatic N) is 2. The Morgan fingerprint density at radius 1 is 1.39 bits per heavy atom. The van der Waals surface area contributed by atoms with Crippen LogP contribution in [0.1, 0.15) is 32.6 Å². The smallest absolute Gasteiger partial charge is 0.375 e. The number of rotatable bonds is 4. The molecule has 0 bridgehead atoms. The van der Waals surface area contributed by atoms with Gasteiger partial charge in [-0.05, 0) is 19.1 Å². The van der Waals surface area contributed by atoms with Crippen molar-refractivity contribution in [1.82, 2.24) is 20.8 Å². The first-order valence-electron chi connectivity index (χ1n) is 6.49. The van der Waals surface area contributed by atoms with E-state index in [-0.39, 0.29) is 21.3 Å². The second kappa shape index (κ2) is 7.31. The van der Waals surface area contributed by atoms with E-state index in [2.05, 4.69) is 20.1 Å². The van der Waals surface area contributed by atoms with Crippen molar-refractivity contribution < 1.29 is 19.2 Å². The molecule has 0 saturated heterocycles. The van der Waals surface area contributed by atoms with E-state index in [1.54, 1.807) is 19.1 Å². The summed E-state index contributed by atoms with van der Waals surface area (Å²) in [7, 11) is 0. The Morgan fingerprint density at radius 2 is 2.17 bits per heavy atom. The Hall–Kier alpha value is -3.01. The molecular formula is C13H13N5O4S. The number of nitrogens with one attached hydrogen (secondary N) is 2. The first-order chi connectivity index (χ1) is 11.0. The number of urea groups is 1. The summed E-state index contributed by atoms with van der Waals surface area (Å²) in [6.45, 7) is 2.06. The third-order valence-corrected chi connectivity index (χ3v) is 3.42. The second-order valence-electron chi connectivity index (χ2n) is 4.15. The quantitative estimate of drug-likeness (QED) is 0.553. The van der Waals surface area contributed by atoms with Crippen LogP contribution in [0.3, 0.4) is 0 Å². The number of carbonyl (C=O) groups is 3. The van der Waals surface area contributed by atoms with Crippen molar-refractivity contribution in [3.05, 3.63) is 40.7 Å². The summed E-state index contributed by atoms with van der Waals surface area (Å²) >= 11 is 0.850. The van der Waals surface area contributed by atoms with E-state index < -0.39 is 17.8 Å². The van der Waals surface area contributed by atoms with Crippen molar-refractivity contribution in [2.75, 3.05) is 12.3 Å². The summed E-state index contributed by atoms with van der Waals surface area (Å²) < 4.78 is 0. The molecule has 120 valence electrons. The van der Waals surface area contributed by atoms with Gasteiger partial charge in [0.1, 0.15) is 4.88 Å². The lowest BCUT2D eigenvalue weighted by Crippen LogP contribution is -2.37. The molecule has 0 radical (unpaired) electrons. The Kier molecular flexibility index (Phi) is 5.20. The van der Waals surface area contributed by atoms with Crippen molar-refractivity contribution in [2.24, 2.45) is 0 Å². The zero-order valence-corrected chi connectivity index (χ0v) is 12.8. The van der Waals surface area contributed by atoms with Gasteiger partial charge >= 0.3 is 12.0 Å². The molecule has 0 aliphatic carbocycles. The van der Waals surface area contributed by atoms with E-state index in [9.17, 15) is 14.4 Å². The molecule has 2 aromatic heterocycles. The lowest BCUT2D eigenvalue weighted by atomic mass is 10.1. The number of aromatic nitrogens is 2. The molecule has 0 saturated carbocycles. The highest BCUT2D eigenvalue weighted by Crippen LogP contribution is 2.24.